The van der Waals surface area contributed by atoms with Crippen LogP contribution in [0.15, 0.2) is 48.9 Å². The van der Waals surface area contributed by atoms with Crippen molar-refractivity contribution in [3.8, 4) is 0 Å². The molecule has 1 N–H and O–H groups in total. The van der Waals surface area contributed by atoms with Crippen LogP contribution in [0, 0.1) is 6.92 Å². The molecule has 100 valence electrons. The van der Waals surface area contributed by atoms with Crippen molar-refractivity contribution < 1.29 is 0 Å². The van der Waals surface area contributed by atoms with Crippen LogP contribution < -0.4 is 5.32 Å². The van der Waals surface area contributed by atoms with Crippen LogP contribution in [0.2, 0.25) is 0 Å². The fourth-order valence-corrected chi connectivity index (χ4v) is 2.38. The number of rotatable bonds is 3. The first kappa shape index (κ1) is 12.7. The number of benzene rings is 1. The minimum Gasteiger partial charge on any atom is -0.308 e. The van der Waals surface area contributed by atoms with Gasteiger partial charge in [-0.05, 0) is 20.0 Å². The van der Waals surface area contributed by atoms with E-state index in [0.29, 0.717) is 0 Å². The van der Waals surface area contributed by atoms with E-state index in [4.69, 9.17) is 0 Å². The van der Waals surface area contributed by atoms with Gasteiger partial charge in [0, 0.05) is 23.3 Å². The first-order valence-electron chi connectivity index (χ1n) is 6.59. The number of hydrogen-bond donors (Lipinski definition) is 1. The second-order valence-electron chi connectivity index (χ2n) is 4.73. The van der Waals surface area contributed by atoms with Crippen LogP contribution in [-0.4, -0.2) is 22.0 Å². The van der Waals surface area contributed by atoms with Gasteiger partial charge in [0.25, 0.3) is 0 Å². The Morgan fingerprint density at radius 1 is 1.00 bits per heavy atom. The molecule has 0 radical (unpaired) electrons. The number of hydrogen-bond acceptors (Lipinski definition) is 4. The highest BCUT2D eigenvalue weighted by atomic mass is 14.9. The van der Waals surface area contributed by atoms with Gasteiger partial charge in [-0.25, -0.2) is 0 Å². The van der Waals surface area contributed by atoms with Gasteiger partial charge in [0.15, 0.2) is 0 Å². The Kier molecular flexibility index (Phi) is 3.39. The summed E-state index contributed by atoms with van der Waals surface area (Å²) in [4.78, 5) is 13.3. The van der Waals surface area contributed by atoms with E-state index < -0.39 is 0 Å². The van der Waals surface area contributed by atoms with Crippen LogP contribution >= 0.6 is 0 Å². The Morgan fingerprint density at radius 3 is 2.60 bits per heavy atom. The molecule has 4 nitrogen and oxygen atoms in total. The number of nitrogens with zero attached hydrogens (tertiary/aromatic N) is 3. The molecule has 1 atom stereocenters. The van der Waals surface area contributed by atoms with E-state index in [1.807, 2.05) is 38.5 Å². The lowest BCUT2D eigenvalue weighted by Crippen LogP contribution is -2.19. The molecule has 4 heteroatoms. The highest BCUT2D eigenvalue weighted by molar-refractivity contribution is 5.82. The highest BCUT2D eigenvalue weighted by Gasteiger charge is 2.16. The first-order chi connectivity index (χ1) is 9.79. The Hall–Kier alpha value is -2.33. The molecule has 3 rings (SSSR count). The summed E-state index contributed by atoms with van der Waals surface area (Å²) in [6.45, 7) is 1.94. The first-order valence-corrected chi connectivity index (χ1v) is 6.59. The zero-order valence-electron chi connectivity index (χ0n) is 11.5. The molecule has 0 aliphatic rings. The molecule has 0 spiro atoms. The molecular formula is C16H16N4. The average molecular weight is 264 g/mol. The van der Waals surface area contributed by atoms with Crippen LogP contribution in [0.25, 0.3) is 10.9 Å². The van der Waals surface area contributed by atoms with Crippen LogP contribution in [-0.2, 0) is 0 Å². The Morgan fingerprint density at radius 2 is 1.85 bits per heavy atom. The molecule has 0 amide bonds. The Bertz CT molecular complexity index is 717. The third-order valence-corrected chi connectivity index (χ3v) is 3.36. The van der Waals surface area contributed by atoms with Gasteiger partial charge in [-0.3, -0.25) is 15.0 Å². The van der Waals surface area contributed by atoms with Crippen molar-refractivity contribution in [2.45, 2.75) is 13.0 Å². The average Bonchev–Trinajstić information content (AvgIpc) is 2.50. The molecule has 1 aromatic carbocycles. The monoisotopic (exact) mass is 264 g/mol. The predicted octanol–water partition coefficient (Wildman–Crippen LogP) is 2.64. The summed E-state index contributed by atoms with van der Waals surface area (Å²) in [6, 6.07) is 10.2. The second-order valence-corrected chi connectivity index (χ2v) is 4.73. The maximum absolute atomic E-state index is 4.50. The van der Waals surface area contributed by atoms with E-state index in [2.05, 4.69) is 38.5 Å². The lowest BCUT2D eigenvalue weighted by atomic mass is 10.0. The van der Waals surface area contributed by atoms with Gasteiger partial charge < -0.3 is 5.32 Å². The smallest absolute Gasteiger partial charge is 0.0802 e. The molecule has 2 aromatic heterocycles. The number of fused-ring (bicyclic) bond motifs is 1. The van der Waals surface area contributed by atoms with Crippen molar-refractivity contribution in [1.82, 2.24) is 20.3 Å². The van der Waals surface area contributed by atoms with Crippen molar-refractivity contribution in [1.29, 1.82) is 0 Å². The highest BCUT2D eigenvalue weighted by Crippen LogP contribution is 2.26. The number of para-hydroxylation sites is 1. The maximum atomic E-state index is 4.50. The van der Waals surface area contributed by atoms with Crippen molar-refractivity contribution in [3.05, 3.63) is 65.9 Å². The summed E-state index contributed by atoms with van der Waals surface area (Å²) in [5.74, 6) is 0. The molecule has 2 heterocycles. The number of aryl methyl sites for hydroxylation is 1. The van der Waals surface area contributed by atoms with Gasteiger partial charge in [-0.2, -0.15) is 0 Å². The third kappa shape index (κ3) is 2.26. The molecule has 1 unspecified atom stereocenters. The molecule has 20 heavy (non-hydrogen) atoms. The molecule has 0 aliphatic carbocycles. The van der Waals surface area contributed by atoms with Crippen molar-refractivity contribution >= 4 is 10.9 Å². The Balaban J connectivity index is 2.14. The fraction of sp³-hybridized carbons (Fsp3) is 0.188. The number of aromatic nitrogens is 3. The molecule has 0 aliphatic heterocycles. The van der Waals surface area contributed by atoms with Gasteiger partial charge in [0.1, 0.15) is 0 Å². The molecule has 0 bridgehead atoms. The molecule has 0 fully saturated rings. The summed E-state index contributed by atoms with van der Waals surface area (Å²) in [5.41, 5.74) is 3.93. The summed E-state index contributed by atoms with van der Waals surface area (Å²) >= 11 is 0. The van der Waals surface area contributed by atoms with E-state index in [-0.39, 0.29) is 6.04 Å². The quantitative estimate of drug-likeness (QED) is 0.790. The minimum atomic E-state index is -0.0123. The van der Waals surface area contributed by atoms with E-state index in [1.165, 1.54) is 0 Å². The number of nitrogens with one attached hydrogen (secondary N) is 1. The summed E-state index contributed by atoms with van der Waals surface area (Å²) < 4.78 is 0. The van der Waals surface area contributed by atoms with Crippen LogP contribution in [0.1, 0.15) is 23.0 Å². The molecule has 0 saturated heterocycles. The SMILES string of the molecule is CNC(c1cnc(C)cn1)c1cccc2cccnc12. The number of pyridine rings is 1. The zero-order chi connectivity index (χ0) is 13.9. The molecule has 0 saturated carbocycles. The standard InChI is InChI=1S/C16H16N4/c1-11-9-20-14(10-19-11)16(17-2)13-7-3-5-12-6-4-8-18-15(12)13/h3-10,16-17H,1-2H3. The van der Waals surface area contributed by atoms with Crippen LogP contribution in [0.5, 0.6) is 0 Å². The lowest BCUT2D eigenvalue weighted by Gasteiger charge is -2.17. The molecule has 3 aromatic rings. The van der Waals surface area contributed by atoms with E-state index in [9.17, 15) is 0 Å². The van der Waals surface area contributed by atoms with Gasteiger partial charge >= 0.3 is 0 Å². The third-order valence-electron chi connectivity index (χ3n) is 3.36. The second kappa shape index (κ2) is 5.35. The van der Waals surface area contributed by atoms with Crippen molar-refractivity contribution in [2.24, 2.45) is 0 Å². The van der Waals surface area contributed by atoms with Gasteiger partial charge in [-0.15, -0.1) is 0 Å². The van der Waals surface area contributed by atoms with E-state index >= 15 is 0 Å². The molecular weight excluding hydrogens is 248 g/mol. The summed E-state index contributed by atoms with van der Waals surface area (Å²) in [5, 5.41) is 4.43. The Labute approximate surface area is 117 Å². The largest absolute Gasteiger partial charge is 0.308 e. The topological polar surface area (TPSA) is 50.7 Å². The summed E-state index contributed by atoms with van der Waals surface area (Å²) in [7, 11) is 1.92. The van der Waals surface area contributed by atoms with Gasteiger partial charge in [0.2, 0.25) is 0 Å². The van der Waals surface area contributed by atoms with E-state index in [1.54, 1.807) is 6.20 Å². The predicted molar refractivity (Wildman–Crippen MR) is 79.4 cm³/mol. The minimum absolute atomic E-state index is 0.0123. The van der Waals surface area contributed by atoms with Gasteiger partial charge in [0.05, 0.1) is 29.1 Å². The summed E-state index contributed by atoms with van der Waals surface area (Å²) in [6.07, 6.45) is 5.43. The van der Waals surface area contributed by atoms with Crippen LogP contribution in [0.4, 0.5) is 0 Å². The van der Waals surface area contributed by atoms with Crippen LogP contribution in [0.3, 0.4) is 0 Å². The fourth-order valence-electron chi connectivity index (χ4n) is 2.38. The van der Waals surface area contributed by atoms with E-state index in [0.717, 1.165) is 27.9 Å². The zero-order valence-corrected chi connectivity index (χ0v) is 11.5. The van der Waals surface area contributed by atoms with Crippen molar-refractivity contribution in [2.75, 3.05) is 7.05 Å². The maximum Gasteiger partial charge on any atom is 0.0802 e. The lowest BCUT2D eigenvalue weighted by molar-refractivity contribution is 0.669. The normalized spacial score (nSPS) is 12.5. The van der Waals surface area contributed by atoms with Gasteiger partial charge in [-0.1, -0.05) is 24.3 Å². The van der Waals surface area contributed by atoms with Crippen molar-refractivity contribution in [3.63, 3.8) is 0 Å².